The van der Waals surface area contributed by atoms with Crippen LogP contribution in [0.3, 0.4) is 0 Å². The third-order valence-corrected chi connectivity index (χ3v) is 6.43. The van der Waals surface area contributed by atoms with Crippen molar-refractivity contribution in [2.45, 2.75) is 33.6 Å². The summed E-state index contributed by atoms with van der Waals surface area (Å²) in [6, 6.07) is 13.8. The lowest BCUT2D eigenvalue weighted by molar-refractivity contribution is -0.122. The number of rotatable bonds is 4. The van der Waals surface area contributed by atoms with Crippen molar-refractivity contribution in [3.8, 4) is 5.69 Å². The molecule has 174 valence electrons. The van der Waals surface area contributed by atoms with Gasteiger partial charge in [0.25, 0.3) is 11.8 Å². The number of thiocarbonyl (C=S) groups is 1. The van der Waals surface area contributed by atoms with Crippen LogP contribution in [0.15, 0.2) is 54.1 Å². The van der Waals surface area contributed by atoms with Crippen molar-refractivity contribution in [1.82, 2.24) is 9.88 Å². The van der Waals surface area contributed by atoms with Crippen molar-refractivity contribution in [1.29, 1.82) is 0 Å². The molecular formula is C26H23ClFN3O2S. The Balaban J connectivity index is 1.73. The molecule has 5 nitrogen and oxygen atoms in total. The quantitative estimate of drug-likeness (QED) is 0.281. The highest BCUT2D eigenvalue weighted by molar-refractivity contribution is 7.80. The summed E-state index contributed by atoms with van der Waals surface area (Å²) < 4.78 is 15.5. The summed E-state index contributed by atoms with van der Waals surface area (Å²) in [5.41, 5.74) is 4.66. The molecule has 0 saturated carbocycles. The number of carbonyl (C=O) groups is 2. The van der Waals surface area contributed by atoms with E-state index < -0.39 is 17.6 Å². The molecule has 1 saturated heterocycles. The van der Waals surface area contributed by atoms with E-state index in [0.29, 0.717) is 22.9 Å². The van der Waals surface area contributed by atoms with Gasteiger partial charge in [-0.15, -0.1) is 0 Å². The minimum Gasteiger partial charge on any atom is -0.318 e. The normalized spacial score (nSPS) is 15.4. The summed E-state index contributed by atoms with van der Waals surface area (Å²) in [6.45, 7) is 7.91. The lowest BCUT2D eigenvalue weighted by Gasteiger charge is -2.29. The van der Waals surface area contributed by atoms with Crippen molar-refractivity contribution in [3.63, 3.8) is 0 Å². The van der Waals surface area contributed by atoms with Gasteiger partial charge in [-0.05, 0) is 85.6 Å². The maximum absolute atomic E-state index is 13.6. The van der Waals surface area contributed by atoms with E-state index in [9.17, 15) is 14.0 Å². The monoisotopic (exact) mass is 495 g/mol. The van der Waals surface area contributed by atoms with Crippen molar-refractivity contribution in [3.05, 3.63) is 87.5 Å². The van der Waals surface area contributed by atoms with Gasteiger partial charge in [-0.3, -0.25) is 19.8 Å². The molecule has 2 heterocycles. The van der Waals surface area contributed by atoms with Crippen LogP contribution >= 0.6 is 23.8 Å². The average molecular weight is 496 g/mol. The first-order chi connectivity index (χ1) is 16.1. The highest BCUT2D eigenvalue weighted by Gasteiger charge is 2.34. The van der Waals surface area contributed by atoms with Crippen LogP contribution in [0.5, 0.6) is 0 Å². The molecule has 2 amide bonds. The van der Waals surface area contributed by atoms with Crippen LogP contribution in [0.25, 0.3) is 11.8 Å². The van der Waals surface area contributed by atoms with Crippen LogP contribution in [-0.2, 0) is 9.59 Å². The van der Waals surface area contributed by atoms with Gasteiger partial charge >= 0.3 is 0 Å². The number of aryl methyl sites for hydroxylation is 1. The Hall–Kier alpha value is -3.29. The van der Waals surface area contributed by atoms with Crippen molar-refractivity contribution in [2.24, 2.45) is 0 Å². The summed E-state index contributed by atoms with van der Waals surface area (Å²) in [4.78, 5) is 27.4. The largest absolute Gasteiger partial charge is 0.318 e. The molecule has 0 atom stereocenters. The summed E-state index contributed by atoms with van der Waals surface area (Å²) >= 11 is 11.3. The zero-order valence-corrected chi connectivity index (χ0v) is 20.7. The van der Waals surface area contributed by atoms with Gasteiger partial charge in [0.05, 0.1) is 10.7 Å². The van der Waals surface area contributed by atoms with E-state index in [1.165, 1.54) is 17.0 Å². The number of nitrogens with zero attached hydrogens (tertiary/aromatic N) is 2. The molecule has 1 aliphatic heterocycles. The van der Waals surface area contributed by atoms with E-state index in [1.807, 2.05) is 48.7 Å². The highest BCUT2D eigenvalue weighted by Crippen LogP contribution is 2.28. The minimum atomic E-state index is -0.556. The van der Waals surface area contributed by atoms with Crippen LogP contribution in [0.2, 0.25) is 5.02 Å². The number of amides is 2. The fourth-order valence-electron chi connectivity index (χ4n) is 4.01. The Morgan fingerprint density at radius 2 is 1.68 bits per heavy atom. The molecule has 0 bridgehead atoms. The van der Waals surface area contributed by atoms with Gasteiger partial charge in [-0.25, -0.2) is 4.39 Å². The molecule has 2 aromatic carbocycles. The molecule has 0 aliphatic carbocycles. The molecule has 4 rings (SSSR count). The van der Waals surface area contributed by atoms with Crippen molar-refractivity contribution in [2.75, 3.05) is 4.90 Å². The summed E-state index contributed by atoms with van der Waals surface area (Å²) in [5, 5.41) is 2.67. The van der Waals surface area contributed by atoms with Gasteiger partial charge < -0.3 is 4.57 Å². The average Bonchev–Trinajstić information content (AvgIpc) is 3.06. The smallest absolute Gasteiger partial charge is 0.270 e. The molecule has 8 heteroatoms. The molecule has 0 radical (unpaired) electrons. The van der Waals surface area contributed by atoms with Gasteiger partial charge in [-0.2, -0.15) is 0 Å². The number of halogens is 2. The number of aromatic nitrogens is 1. The first-order valence-corrected chi connectivity index (χ1v) is 11.5. The third kappa shape index (κ3) is 4.29. The summed E-state index contributed by atoms with van der Waals surface area (Å²) in [6.07, 6.45) is 1.55. The summed E-state index contributed by atoms with van der Waals surface area (Å²) in [7, 11) is 0. The Kier molecular flexibility index (Phi) is 6.43. The summed E-state index contributed by atoms with van der Waals surface area (Å²) in [5.74, 6) is -1.21. The molecule has 1 fully saturated rings. The highest BCUT2D eigenvalue weighted by atomic mass is 35.5. The number of nitrogens with one attached hydrogen (secondary N) is 1. The number of hydrogen-bond donors (Lipinski definition) is 1. The van der Waals surface area contributed by atoms with E-state index in [0.717, 1.165) is 17.0 Å². The fourth-order valence-corrected chi connectivity index (χ4v) is 4.47. The van der Waals surface area contributed by atoms with Crippen LogP contribution in [0.1, 0.15) is 42.3 Å². The predicted octanol–water partition coefficient (Wildman–Crippen LogP) is 5.84. The SMILES string of the molecule is Cc1cc(/C=C2\C(=O)NC(=S)N(c3ccc(C(C)C)cc3)C2=O)c(C)n1-c1ccc(F)c(Cl)c1. The maximum Gasteiger partial charge on any atom is 0.270 e. The predicted molar refractivity (Wildman–Crippen MR) is 137 cm³/mol. The molecule has 3 aromatic rings. The van der Waals surface area contributed by atoms with Gasteiger partial charge in [0.15, 0.2) is 5.11 Å². The number of carbonyl (C=O) groups excluding carboxylic acids is 2. The standard InChI is InChI=1S/C26H23ClFN3O2S/c1-14(2)17-5-7-19(8-6-17)31-25(33)21(24(32)29-26(31)34)12-18-11-15(3)30(16(18)4)20-9-10-23(28)22(27)13-20/h5-14H,1-4H3,(H,29,32,34)/b21-12+. The molecule has 1 N–H and O–H groups in total. The van der Waals surface area contributed by atoms with Gasteiger partial charge in [0.1, 0.15) is 11.4 Å². The molecule has 1 aliphatic rings. The van der Waals surface area contributed by atoms with E-state index in [2.05, 4.69) is 19.2 Å². The van der Waals surface area contributed by atoms with Crippen LogP contribution in [0.4, 0.5) is 10.1 Å². The van der Waals surface area contributed by atoms with E-state index in [4.69, 9.17) is 23.8 Å². The van der Waals surface area contributed by atoms with Crippen LogP contribution in [-0.4, -0.2) is 21.5 Å². The number of benzene rings is 2. The van der Waals surface area contributed by atoms with E-state index >= 15 is 0 Å². The van der Waals surface area contributed by atoms with Gasteiger partial charge in [0.2, 0.25) is 0 Å². The topological polar surface area (TPSA) is 54.3 Å². The van der Waals surface area contributed by atoms with Crippen LogP contribution < -0.4 is 10.2 Å². The second-order valence-electron chi connectivity index (χ2n) is 8.46. The number of anilines is 1. The van der Waals surface area contributed by atoms with Crippen molar-refractivity contribution < 1.29 is 14.0 Å². The zero-order valence-electron chi connectivity index (χ0n) is 19.1. The molecule has 1 aromatic heterocycles. The zero-order chi connectivity index (χ0) is 24.7. The molecular weight excluding hydrogens is 473 g/mol. The maximum atomic E-state index is 13.6. The first kappa shape index (κ1) is 23.9. The van der Waals surface area contributed by atoms with E-state index in [-0.39, 0.29) is 15.7 Å². The first-order valence-electron chi connectivity index (χ1n) is 10.7. The van der Waals surface area contributed by atoms with Crippen LogP contribution in [0, 0.1) is 19.7 Å². The number of hydrogen-bond acceptors (Lipinski definition) is 3. The molecule has 0 unspecified atom stereocenters. The van der Waals surface area contributed by atoms with Gasteiger partial charge in [0, 0.05) is 17.1 Å². The Bertz CT molecular complexity index is 1360. The van der Waals surface area contributed by atoms with E-state index in [1.54, 1.807) is 12.1 Å². The third-order valence-electron chi connectivity index (χ3n) is 5.85. The van der Waals surface area contributed by atoms with Gasteiger partial charge in [-0.1, -0.05) is 37.6 Å². The second-order valence-corrected chi connectivity index (χ2v) is 9.26. The Labute approximate surface area is 207 Å². The lowest BCUT2D eigenvalue weighted by atomic mass is 10.0. The fraction of sp³-hybridized carbons (Fsp3) is 0.192. The minimum absolute atomic E-state index is 0.0133. The molecule has 34 heavy (non-hydrogen) atoms. The Morgan fingerprint density at radius 1 is 1.03 bits per heavy atom. The van der Waals surface area contributed by atoms with Crippen molar-refractivity contribution >= 4 is 52.5 Å². The second kappa shape index (κ2) is 9.16. The Morgan fingerprint density at radius 3 is 2.29 bits per heavy atom. The lowest BCUT2D eigenvalue weighted by Crippen LogP contribution is -2.54. The molecule has 0 spiro atoms.